The average Bonchev–Trinajstić information content (AvgIpc) is 2.44. The number of halogens is 1. The summed E-state index contributed by atoms with van der Waals surface area (Å²) in [5.41, 5.74) is 1.21. The molecule has 0 aromatic carbocycles. The standard InChI is InChI=1S/C16H24ClNO/c1-5-14(4)18-11-9-16(19,10-12-18)13(3)7-8-15(17)6-2/h5-8,19H,3,9-12H2,1-2,4H3/b8-7-,14-5+,15-6+. The lowest BCUT2D eigenvalue weighted by Crippen LogP contribution is -2.44. The summed E-state index contributed by atoms with van der Waals surface area (Å²) in [7, 11) is 0. The zero-order valence-electron chi connectivity index (χ0n) is 12.1. The molecule has 106 valence electrons. The van der Waals surface area contributed by atoms with E-state index in [0.717, 1.165) is 18.7 Å². The first kappa shape index (κ1) is 16.1. The highest BCUT2D eigenvalue weighted by molar-refractivity contribution is 6.31. The zero-order valence-corrected chi connectivity index (χ0v) is 12.9. The lowest BCUT2D eigenvalue weighted by Gasteiger charge is -2.40. The van der Waals surface area contributed by atoms with Crippen LogP contribution in [0.15, 0.2) is 47.2 Å². The SMILES string of the molecule is C=C(/C=C\C(Cl)=C/C)C1(O)CCN(/C(C)=C/C)CC1. The molecule has 1 fully saturated rings. The second kappa shape index (κ2) is 6.97. The first-order chi connectivity index (χ1) is 8.92. The molecule has 1 rings (SSSR count). The molecule has 1 N–H and O–H groups in total. The third kappa shape index (κ3) is 4.26. The van der Waals surface area contributed by atoms with Crippen LogP contribution in [0.5, 0.6) is 0 Å². The van der Waals surface area contributed by atoms with E-state index in [1.54, 1.807) is 6.08 Å². The summed E-state index contributed by atoms with van der Waals surface area (Å²) < 4.78 is 0. The molecule has 2 nitrogen and oxygen atoms in total. The monoisotopic (exact) mass is 281 g/mol. The molecule has 0 aromatic heterocycles. The van der Waals surface area contributed by atoms with Crippen LogP contribution in [0.25, 0.3) is 0 Å². The minimum Gasteiger partial charge on any atom is -0.385 e. The average molecular weight is 282 g/mol. The van der Waals surface area contributed by atoms with Gasteiger partial charge in [0.1, 0.15) is 0 Å². The number of nitrogens with zero attached hydrogens (tertiary/aromatic N) is 1. The maximum atomic E-state index is 10.6. The Morgan fingerprint density at radius 2 is 1.79 bits per heavy atom. The van der Waals surface area contributed by atoms with Gasteiger partial charge in [0.15, 0.2) is 0 Å². The van der Waals surface area contributed by atoms with E-state index in [-0.39, 0.29) is 0 Å². The Morgan fingerprint density at radius 3 is 2.26 bits per heavy atom. The lowest BCUT2D eigenvalue weighted by atomic mass is 9.84. The molecule has 0 bridgehead atoms. The third-order valence-electron chi connectivity index (χ3n) is 3.82. The van der Waals surface area contributed by atoms with Gasteiger partial charge >= 0.3 is 0 Å². The van der Waals surface area contributed by atoms with Gasteiger partial charge in [0.05, 0.1) is 5.60 Å². The maximum absolute atomic E-state index is 10.6. The van der Waals surface area contributed by atoms with Gasteiger partial charge in [-0.05, 0) is 45.3 Å². The largest absolute Gasteiger partial charge is 0.385 e. The van der Waals surface area contributed by atoms with Crippen molar-refractivity contribution < 1.29 is 5.11 Å². The molecule has 3 heteroatoms. The van der Waals surface area contributed by atoms with Gasteiger partial charge in [0.25, 0.3) is 0 Å². The van der Waals surface area contributed by atoms with Crippen LogP contribution in [-0.4, -0.2) is 28.7 Å². The molecule has 0 spiro atoms. The van der Waals surface area contributed by atoms with Crippen LogP contribution in [0, 0.1) is 0 Å². The lowest BCUT2D eigenvalue weighted by molar-refractivity contribution is 0.0216. The van der Waals surface area contributed by atoms with E-state index in [1.807, 2.05) is 26.0 Å². The molecule has 0 atom stereocenters. The second-order valence-electron chi connectivity index (χ2n) is 4.98. The fourth-order valence-corrected chi connectivity index (χ4v) is 2.23. The fraction of sp³-hybridized carbons (Fsp3) is 0.500. The Morgan fingerprint density at radius 1 is 1.21 bits per heavy atom. The smallest absolute Gasteiger partial charge is 0.0924 e. The summed E-state index contributed by atoms with van der Waals surface area (Å²) in [5, 5.41) is 11.3. The van der Waals surface area contributed by atoms with Gasteiger partial charge in [0, 0.05) is 23.8 Å². The summed E-state index contributed by atoms with van der Waals surface area (Å²) in [6.45, 7) is 11.7. The summed E-state index contributed by atoms with van der Waals surface area (Å²) in [4.78, 5) is 2.30. The summed E-state index contributed by atoms with van der Waals surface area (Å²) in [5.74, 6) is 0. The summed E-state index contributed by atoms with van der Waals surface area (Å²) in [6.07, 6.45) is 8.92. The van der Waals surface area contributed by atoms with Gasteiger partial charge in [0.2, 0.25) is 0 Å². The molecule has 0 saturated carbocycles. The van der Waals surface area contributed by atoms with Crippen molar-refractivity contribution in [2.45, 2.75) is 39.2 Å². The van der Waals surface area contributed by atoms with Crippen molar-refractivity contribution in [2.24, 2.45) is 0 Å². The third-order valence-corrected chi connectivity index (χ3v) is 4.17. The Labute approximate surface area is 121 Å². The van der Waals surface area contributed by atoms with E-state index in [0.29, 0.717) is 17.9 Å². The highest BCUT2D eigenvalue weighted by atomic mass is 35.5. The minimum atomic E-state index is -0.800. The number of hydrogen-bond acceptors (Lipinski definition) is 2. The highest BCUT2D eigenvalue weighted by Crippen LogP contribution is 2.31. The van der Waals surface area contributed by atoms with Gasteiger partial charge in [-0.1, -0.05) is 36.4 Å². The Balaban J connectivity index is 2.65. The molecule has 1 aliphatic heterocycles. The normalized spacial score (nSPS) is 21.0. The molecule has 0 amide bonds. The second-order valence-corrected chi connectivity index (χ2v) is 5.42. The van der Waals surface area contributed by atoms with E-state index in [9.17, 15) is 5.11 Å². The molecule has 1 aliphatic rings. The molecule has 1 heterocycles. The number of piperidine rings is 1. The van der Waals surface area contributed by atoms with E-state index < -0.39 is 5.60 Å². The van der Waals surface area contributed by atoms with Crippen molar-refractivity contribution in [3.05, 3.63) is 47.2 Å². The number of likely N-dealkylation sites (tertiary alicyclic amines) is 1. The van der Waals surface area contributed by atoms with Gasteiger partial charge in [-0.25, -0.2) is 0 Å². The first-order valence-electron chi connectivity index (χ1n) is 6.72. The van der Waals surface area contributed by atoms with Crippen molar-refractivity contribution in [1.82, 2.24) is 4.90 Å². The van der Waals surface area contributed by atoms with Crippen molar-refractivity contribution in [3.8, 4) is 0 Å². The van der Waals surface area contributed by atoms with Crippen molar-refractivity contribution in [3.63, 3.8) is 0 Å². The predicted octanol–water partition coefficient (Wildman–Crippen LogP) is 3.99. The van der Waals surface area contributed by atoms with Crippen LogP contribution in [0.2, 0.25) is 0 Å². The molecule has 1 saturated heterocycles. The molecule has 0 aromatic rings. The molecule has 19 heavy (non-hydrogen) atoms. The topological polar surface area (TPSA) is 23.5 Å². The number of rotatable bonds is 4. The van der Waals surface area contributed by atoms with E-state index in [2.05, 4.69) is 24.5 Å². The highest BCUT2D eigenvalue weighted by Gasteiger charge is 2.33. The van der Waals surface area contributed by atoms with Gasteiger partial charge in [-0.2, -0.15) is 0 Å². The van der Waals surface area contributed by atoms with Crippen molar-refractivity contribution in [1.29, 1.82) is 0 Å². The number of aliphatic hydroxyl groups is 1. The number of hydrogen-bond donors (Lipinski definition) is 1. The molecule has 0 aliphatic carbocycles. The van der Waals surface area contributed by atoms with Crippen molar-refractivity contribution >= 4 is 11.6 Å². The van der Waals surface area contributed by atoms with Crippen molar-refractivity contribution in [2.75, 3.05) is 13.1 Å². The zero-order chi connectivity index (χ0) is 14.5. The van der Waals surface area contributed by atoms with Crippen LogP contribution < -0.4 is 0 Å². The van der Waals surface area contributed by atoms with Crippen LogP contribution in [0.4, 0.5) is 0 Å². The molecular formula is C16H24ClNO. The van der Waals surface area contributed by atoms with Crippen LogP contribution in [0.3, 0.4) is 0 Å². The minimum absolute atomic E-state index is 0.659. The predicted molar refractivity (Wildman–Crippen MR) is 83.1 cm³/mol. The van der Waals surface area contributed by atoms with Crippen LogP contribution in [0.1, 0.15) is 33.6 Å². The van der Waals surface area contributed by atoms with Gasteiger partial charge < -0.3 is 10.0 Å². The Bertz CT molecular complexity index is 412. The van der Waals surface area contributed by atoms with Crippen LogP contribution in [-0.2, 0) is 0 Å². The van der Waals surface area contributed by atoms with Gasteiger partial charge in [-0.3, -0.25) is 0 Å². The van der Waals surface area contributed by atoms with E-state index in [4.69, 9.17) is 11.6 Å². The fourth-order valence-electron chi connectivity index (χ4n) is 2.16. The summed E-state index contributed by atoms with van der Waals surface area (Å²) >= 11 is 5.91. The summed E-state index contributed by atoms with van der Waals surface area (Å²) in [6, 6.07) is 0. The maximum Gasteiger partial charge on any atom is 0.0924 e. The molecule has 0 radical (unpaired) electrons. The van der Waals surface area contributed by atoms with Gasteiger partial charge in [-0.15, -0.1) is 0 Å². The Hall–Kier alpha value is -0.990. The first-order valence-corrected chi connectivity index (χ1v) is 7.10. The van der Waals surface area contributed by atoms with E-state index in [1.165, 1.54) is 5.70 Å². The quantitative estimate of drug-likeness (QED) is 0.788. The Kier molecular flexibility index (Phi) is 5.89. The van der Waals surface area contributed by atoms with Crippen LogP contribution >= 0.6 is 11.6 Å². The molecule has 0 unspecified atom stereocenters. The number of allylic oxidation sites excluding steroid dienone is 5. The molecular weight excluding hydrogens is 258 g/mol. The van der Waals surface area contributed by atoms with E-state index >= 15 is 0 Å².